The van der Waals surface area contributed by atoms with Gasteiger partial charge in [-0.3, -0.25) is 19.8 Å². The van der Waals surface area contributed by atoms with E-state index < -0.39 is 0 Å². The first-order chi connectivity index (χ1) is 26.6. The number of imidazole rings is 2. The largest absolute Gasteiger partial charge is 0.348 e. The Kier molecular flexibility index (Phi) is 13.5. The monoisotopic (exact) mass is 761 g/mol. The first kappa shape index (κ1) is 37.9. The second-order valence-corrected chi connectivity index (χ2v) is 15.2. The summed E-state index contributed by atoms with van der Waals surface area (Å²) in [5.74, 6) is 1.00. The van der Waals surface area contributed by atoms with E-state index in [1.54, 1.807) is 12.7 Å². The van der Waals surface area contributed by atoms with Gasteiger partial charge in [-0.25, -0.2) is 9.97 Å². The molecule has 0 bridgehead atoms. The summed E-state index contributed by atoms with van der Waals surface area (Å²) in [6, 6.07) is 28.9. The third kappa shape index (κ3) is 10.6. The van der Waals surface area contributed by atoms with Crippen LogP contribution in [0.25, 0.3) is 0 Å². The molecule has 2 fully saturated rings. The van der Waals surface area contributed by atoms with Crippen molar-refractivity contribution in [2.45, 2.75) is 44.2 Å². The zero-order valence-electron chi connectivity index (χ0n) is 30.7. The maximum absolute atomic E-state index is 6.10. The first-order valence-electron chi connectivity index (χ1n) is 19.0. The topological polar surface area (TPSA) is 92.9 Å². The molecule has 6 heterocycles. The molecule has 4 aromatic heterocycles. The summed E-state index contributed by atoms with van der Waals surface area (Å²) in [5.41, 5.74) is 7.18. The van der Waals surface area contributed by atoms with Gasteiger partial charge in [-0.1, -0.05) is 59.6 Å². The Morgan fingerprint density at radius 1 is 0.630 bits per heavy atom. The molecule has 6 aromatic rings. The van der Waals surface area contributed by atoms with E-state index in [-0.39, 0.29) is 6.04 Å². The first-order valence-corrected chi connectivity index (χ1v) is 19.8. The zero-order chi connectivity index (χ0) is 37.0. The molecule has 2 atom stereocenters. The molecule has 2 N–H and O–H groups in total. The number of rotatable bonds is 12. The van der Waals surface area contributed by atoms with Crippen LogP contribution in [0.15, 0.2) is 122 Å². The molecular formula is C43H49Cl2N9. The molecule has 280 valence electrons. The highest BCUT2D eigenvalue weighted by atomic mass is 35.5. The van der Waals surface area contributed by atoms with Crippen LogP contribution in [0.4, 0.5) is 0 Å². The molecule has 2 aliphatic heterocycles. The third-order valence-electron chi connectivity index (χ3n) is 10.7. The van der Waals surface area contributed by atoms with Crippen molar-refractivity contribution in [2.75, 3.05) is 45.8 Å². The summed E-state index contributed by atoms with van der Waals surface area (Å²) in [7, 11) is 0. The Hall–Kier alpha value is -4.38. The smallest absolute Gasteiger partial charge is 0.0922 e. The van der Waals surface area contributed by atoms with Crippen LogP contribution in [0.3, 0.4) is 0 Å². The van der Waals surface area contributed by atoms with Crippen molar-refractivity contribution in [1.82, 2.24) is 44.6 Å². The van der Waals surface area contributed by atoms with Gasteiger partial charge in [0, 0.05) is 90.6 Å². The highest BCUT2D eigenvalue weighted by Crippen LogP contribution is 2.33. The number of aromatic amines is 2. The predicted molar refractivity (Wildman–Crippen MR) is 217 cm³/mol. The normalized spacial score (nSPS) is 17.1. The van der Waals surface area contributed by atoms with Gasteiger partial charge in [0.25, 0.3) is 0 Å². The summed E-state index contributed by atoms with van der Waals surface area (Å²) in [6.45, 7) is 8.55. The minimum absolute atomic E-state index is 0.182. The molecule has 0 radical (unpaired) electrons. The number of hydrogen-bond acceptors (Lipinski definition) is 7. The molecule has 2 aromatic carbocycles. The van der Waals surface area contributed by atoms with Gasteiger partial charge >= 0.3 is 0 Å². The standard InChI is InChI=1S/C22H26ClN5.C21H23ClN4/c23-19-6-4-18(5-7-19)21(22-3-1-2-9-25-22)8-10-27-11-13-28(14-12-27)16-20-15-24-17-26-20;22-18-6-4-17(5-7-18)21(20-3-1-2-10-24-20)26-11-8-16(9-12-26)13-19-14-23-15-25-19/h1-7,9,15,17,21H,8,10-14,16H2,(H,24,26);1-7,10,14-16,21H,8-9,11-13H2,(H,23,25). The molecule has 0 spiro atoms. The highest BCUT2D eigenvalue weighted by molar-refractivity contribution is 6.30. The van der Waals surface area contributed by atoms with Crippen LogP contribution >= 0.6 is 23.2 Å². The second kappa shape index (κ2) is 19.3. The zero-order valence-corrected chi connectivity index (χ0v) is 32.2. The number of likely N-dealkylation sites (tertiary alicyclic amines) is 1. The van der Waals surface area contributed by atoms with E-state index in [0.29, 0.717) is 11.8 Å². The van der Waals surface area contributed by atoms with Crippen LogP contribution in [0.1, 0.15) is 65.1 Å². The average Bonchev–Trinajstić information content (AvgIpc) is 3.94. The van der Waals surface area contributed by atoms with Crippen molar-refractivity contribution in [3.05, 3.63) is 166 Å². The van der Waals surface area contributed by atoms with Crippen LogP contribution in [0.5, 0.6) is 0 Å². The Bertz CT molecular complexity index is 1910. The SMILES string of the molecule is Clc1ccc(C(CCN2CCN(Cc3cnc[nH]3)CC2)c2ccccn2)cc1.Clc1ccc(C(c2ccccn2)N2CCC(Cc3cnc[nH]3)CC2)cc1. The quantitative estimate of drug-likeness (QED) is 0.130. The number of benzene rings is 2. The molecule has 2 saturated heterocycles. The summed E-state index contributed by atoms with van der Waals surface area (Å²) < 4.78 is 0. The van der Waals surface area contributed by atoms with Gasteiger partial charge in [-0.05, 0) is 111 Å². The van der Waals surface area contributed by atoms with Gasteiger partial charge < -0.3 is 14.9 Å². The maximum Gasteiger partial charge on any atom is 0.0922 e. The Morgan fingerprint density at radius 3 is 1.78 bits per heavy atom. The van der Waals surface area contributed by atoms with Crippen molar-refractivity contribution in [1.29, 1.82) is 0 Å². The minimum atomic E-state index is 0.182. The molecule has 0 amide bonds. The number of halogens is 2. The van der Waals surface area contributed by atoms with Crippen LogP contribution in [-0.2, 0) is 13.0 Å². The van der Waals surface area contributed by atoms with E-state index in [0.717, 1.165) is 86.6 Å². The van der Waals surface area contributed by atoms with Crippen LogP contribution < -0.4 is 0 Å². The Balaban J connectivity index is 0.000000167. The highest BCUT2D eigenvalue weighted by Gasteiger charge is 2.28. The predicted octanol–water partition coefficient (Wildman–Crippen LogP) is 8.30. The number of hydrogen-bond donors (Lipinski definition) is 2. The van der Waals surface area contributed by atoms with Crippen molar-refractivity contribution in [3.8, 4) is 0 Å². The van der Waals surface area contributed by atoms with Gasteiger partial charge in [-0.2, -0.15) is 0 Å². The van der Waals surface area contributed by atoms with Crippen molar-refractivity contribution in [2.24, 2.45) is 5.92 Å². The van der Waals surface area contributed by atoms with Gasteiger partial charge in [0.05, 0.1) is 24.4 Å². The van der Waals surface area contributed by atoms with Crippen LogP contribution in [-0.4, -0.2) is 90.4 Å². The molecule has 0 aliphatic carbocycles. The van der Waals surface area contributed by atoms with Crippen LogP contribution in [0.2, 0.25) is 10.0 Å². The molecule has 2 aliphatic rings. The van der Waals surface area contributed by atoms with E-state index in [9.17, 15) is 0 Å². The van der Waals surface area contributed by atoms with Gasteiger partial charge in [0.2, 0.25) is 0 Å². The Morgan fingerprint density at radius 2 is 1.20 bits per heavy atom. The fraction of sp³-hybridized carbons (Fsp3) is 0.349. The summed E-state index contributed by atoms with van der Waals surface area (Å²) in [5, 5.41) is 1.55. The number of piperidine rings is 1. The van der Waals surface area contributed by atoms with Gasteiger partial charge in [0.1, 0.15) is 0 Å². The fourth-order valence-electron chi connectivity index (χ4n) is 7.73. The lowest BCUT2D eigenvalue weighted by molar-refractivity contribution is 0.124. The molecule has 54 heavy (non-hydrogen) atoms. The number of nitrogens with one attached hydrogen (secondary N) is 2. The molecule has 11 heteroatoms. The number of aromatic nitrogens is 6. The molecule has 9 nitrogen and oxygen atoms in total. The lowest BCUT2D eigenvalue weighted by Crippen LogP contribution is -2.46. The summed E-state index contributed by atoms with van der Waals surface area (Å²) in [6.07, 6.45) is 15.7. The third-order valence-corrected chi connectivity index (χ3v) is 11.2. The Labute approximate surface area is 328 Å². The van der Waals surface area contributed by atoms with E-state index in [1.807, 2.05) is 61.2 Å². The number of piperazine rings is 1. The summed E-state index contributed by atoms with van der Waals surface area (Å²) >= 11 is 12.2. The number of H-pyrrole nitrogens is 2. The molecule has 0 saturated carbocycles. The van der Waals surface area contributed by atoms with Crippen molar-refractivity contribution < 1.29 is 0 Å². The van der Waals surface area contributed by atoms with Gasteiger partial charge in [-0.15, -0.1) is 0 Å². The number of pyridine rings is 2. The molecule has 8 rings (SSSR count). The van der Waals surface area contributed by atoms with Crippen molar-refractivity contribution >= 4 is 23.2 Å². The van der Waals surface area contributed by atoms with Gasteiger partial charge in [0.15, 0.2) is 0 Å². The van der Waals surface area contributed by atoms with E-state index >= 15 is 0 Å². The molecular weight excluding hydrogens is 713 g/mol. The average molecular weight is 763 g/mol. The van der Waals surface area contributed by atoms with E-state index in [2.05, 4.69) is 93.1 Å². The lowest BCUT2D eigenvalue weighted by atomic mass is 9.90. The van der Waals surface area contributed by atoms with Crippen molar-refractivity contribution in [3.63, 3.8) is 0 Å². The fourth-order valence-corrected chi connectivity index (χ4v) is 7.98. The van der Waals surface area contributed by atoms with Crippen LogP contribution in [0, 0.1) is 5.92 Å². The van der Waals surface area contributed by atoms with E-state index in [1.165, 1.54) is 35.4 Å². The van der Waals surface area contributed by atoms with E-state index in [4.69, 9.17) is 23.2 Å². The maximum atomic E-state index is 6.10. The lowest BCUT2D eigenvalue weighted by Gasteiger charge is -2.37. The summed E-state index contributed by atoms with van der Waals surface area (Å²) in [4.78, 5) is 31.5. The minimum Gasteiger partial charge on any atom is -0.348 e. The molecule has 2 unspecified atom stereocenters. The number of nitrogens with zero attached hydrogens (tertiary/aromatic N) is 7. The second-order valence-electron chi connectivity index (χ2n) is 14.3.